The first-order valence-corrected chi connectivity index (χ1v) is 6.52. The molecule has 0 saturated heterocycles. The summed E-state index contributed by atoms with van der Waals surface area (Å²) in [5.74, 6) is 1.07. The first-order chi connectivity index (χ1) is 9.70. The standard InChI is InChI=1S/C14H15N3O3/c1-20-11-7-3-2-5-9(11)13-15-12-8-4-6-10(14(18)19)17(12)16-13/h2-3,5,7,10H,4,6,8H2,1H3,(H,18,19). The quantitative estimate of drug-likeness (QED) is 0.924. The highest BCUT2D eigenvalue weighted by Crippen LogP contribution is 2.30. The van der Waals surface area contributed by atoms with E-state index >= 15 is 0 Å². The first kappa shape index (κ1) is 12.7. The molecular weight excluding hydrogens is 258 g/mol. The third kappa shape index (κ3) is 2.03. The van der Waals surface area contributed by atoms with Crippen molar-refractivity contribution in [2.75, 3.05) is 7.11 Å². The van der Waals surface area contributed by atoms with E-state index in [9.17, 15) is 9.90 Å². The average Bonchev–Trinajstić information content (AvgIpc) is 2.90. The Labute approximate surface area is 116 Å². The maximum atomic E-state index is 11.3. The molecule has 0 radical (unpaired) electrons. The van der Waals surface area contributed by atoms with Gasteiger partial charge in [-0.3, -0.25) is 0 Å². The van der Waals surface area contributed by atoms with Crippen molar-refractivity contribution in [3.05, 3.63) is 30.1 Å². The Balaban J connectivity index is 2.07. The van der Waals surface area contributed by atoms with Crippen LogP contribution >= 0.6 is 0 Å². The van der Waals surface area contributed by atoms with Crippen LogP contribution in [0.4, 0.5) is 0 Å². The maximum absolute atomic E-state index is 11.3. The molecule has 0 spiro atoms. The molecule has 20 heavy (non-hydrogen) atoms. The number of carboxylic acids is 1. The van der Waals surface area contributed by atoms with Crippen molar-refractivity contribution < 1.29 is 14.6 Å². The van der Waals surface area contributed by atoms with Gasteiger partial charge in [-0.25, -0.2) is 14.5 Å². The molecule has 1 aromatic carbocycles. The van der Waals surface area contributed by atoms with Crippen LogP contribution in [0.1, 0.15) is 24.7 Å². The third-order valence-corrected chi connectivity index (χ3v) is 3.51. The minimum absolute atomic E-state index is 0.519. The summed E-state index contributed by atoms with van der Waals surface area (Å²) in [4.78, 5) is 15.7. The van der Waals surface area contributed by atoms with Crippen molar-refractivity contribution in [2.45, 2.75) is 25.3 Å². The zero-order valence-corrected chi connectivity index (χ0v) is 11.1. The lowest BCUT2D eigenvalue weighted by atomic mass is 10.1. The minimum Gasteiger partial charge on any atom is -0.496 e. The Morgan fingerprint density at radius 2 is 2.25 bits per heavy atom. The fraction of sp³-hybridized carbons (Fsp3) is 0.357. The summed E-state index contributed by atoms with van der Waals surface area (Å²) in [5, 5.41) is 13.6. The highest BCUT2D eigenvalue weighted by atomic mass is 16.5. The monoisotopic (exact) mass is 273 g/mol. The molecule has 1 aliphatic heterocycles. The van der Waals surface area contributed by atoms with Crippen LogP contribution in [-0.2, 0) is 11.2 Å². The second-order valence-electron chi connectivity index (χ2n) is 4.74. The van der Waals surface area contributed by atoms with Crippen molar-refractivity contribution in [3.8, 4) is 17.1 Å². The molecule has 0 amide bonds. The van der Waals surface area contributed by atoms with Crippen LogP contribution in [-0.4, -0.2) is 33.0 Å². The van der Waals surface area contributed by atoms with Crippen LogP contribution in [0.3, 0.4) is 0 Å². The molecule has 1 aromatic heterocycles. The van der Waals surface area contributed by atoms with Gasteiger partial charge in [0.25, 0.3) is 0 Å². The van der Waals surface area contributed by atoms with Gasteiger partial charge in [0, 0.05) is 6.42 Å². The largest absolute Gasteiger partial charge is 0.496 e. The van der Waals surface area contributed by atoms with Crippen molar-refractivity contribution >= 4 is 5.97 Å². The number of aromatic nitrogens is 3. The molecule has 0 saturated carbocycles. The van der Waals surface area contributed by atoms with Gasteiger partial charge in [-0.15, -0.1) is 5.10 Å². The fourth-order valence-electron chi connectivity index (χ4n) is 2.52. The zero-order chi connectivity index (χ0) is 14.1. The normalized spacial score (nSPS) is 17.6. The SMILES string of the molecule is COc1ccccc1-c1nc2n(n1)C(C(=O)O)CCC2. The molecule has 1 atom stereocenters. The Hall–Kier alpha value is -2.37. The van der Waals surface area contributed by atoms with E-state index in [1.54, 1.807) is 7.11 Å². The van der Waals surface area contributed by atoms with Gasteiger partial charge in [0.2, 0.25) is 0 Å². The van der Waals surface area contributed by atoms with Gasteiger partial charge in [-0.1, -0.05) is 12.1 Å². The van der Waals surface area contributed by atoms with Crippen LogP contribution in [0.5, 0.6) is 5.75 Å². The number of aryl methyl sites for hydroxylation is 1. The van der Waals surface area contributed by atoms with Gasteiger partial charge in [0.1, 0.15) is 11.6 Å². The van der Waals surface area contributed by atoms with E-state index in [2.05, 4.69) is 10.1 Å². The summed E-state index contributed by atoms with van der Waals surface area (Å²) in [6.45, 7) is 0. The van der Waals surface area contributed by atoms with Crippen LogP contribution < -0.4 is 4.74 Å². The maximum Gasteiger partial charge on any atom is 0.328 e. The van der Waals surface area contributed by atoms with Crippen LogP contribution in [0.25, 0.3) is 11.4 Å². The van der Waals surface area contributed by atoms with Gasteiger partial charge in [-0.2, -0.15) is 0 Å². The number of hydrogen-bond donors (Lipinski definition) is 1. The van der Waals surface area contributed by atoms with Crippen molar-refractivity contribution in [1.82, 2.24) is 14.8 Å². The van der Waals surface area contributed by atoms with Gasteiger partial charge in [0.15, 0.2) is 11.9 Å². The van der Waals surface area contributed by atoms with E-state index in [0.29, 0.717) is 18.0 Å². The number of fused-ring (bicyclic) bond motifs is 1. The summed E-state index contributed by atoms with van der Waals surface area (Å²) < 4.78 is 6.84. The van der Waals surface area contributed by atoms with E-state index < -0.39 is 12.0 Å². The number of hydrogen-bond acceptors (Lipinski definition) is 4. The molecule has 104 valence electrons. The molecule has 1 N–H and O–H groups in total. The number of methoxy groups -OCH3 is 1. The number of benzene rings is 1. The predicted octanol–water partition coefficient (Wildman–Crippen LogP) is 1.92. The van der Waals surface area contributed by atoms with E-state index in [4.69, 9.17) is 4.74 Å². The Morgan fingerprint density at radius 1 is 1.45 bits per heavy atom. The molecule has 0 fully saturated rings. The van der Waals surface area contributed by atoms with Gasteiger partial charge in [0.05, 0.1) is 12.7 Å². The topological polar surface area (TPSA) is 77.2 Å². The summed E-state index contributed by atoms with van der Waals surface area (Å²) >= 11 is 0. The summed E-state index contributed by atoms with van der Waals surface area (Å²) in [6.07, 6.45) is 2.17. The van der Waals surface area contributed by atoms with Gasteiger partial charge < -0.3 is 9.84 Å². The highest BCUT2D eigenvalue weighted by molar-refractivity contribution is 5.72. The second-order valence-corrected chi connectivity index (χ2v) is 4.74. The summed E-state index contributed by atoms with van der Waals surface area (Å²) in [7, 11) is 1.59. The summed E-state index contributed by atoms with van der Waals surface area (Å²) in [6, 6.07) is 6.85. The molecule has 2 aromatic rings. The smallest absolute Gasteiger partial charge is 0.328 e. The number of rotatable bonds is 3. The van der Waals surface area contributed by atoms with E-state index in [0.717, 1.165) is 24.2 Å². The van der Waals surface area contributed by atoms with E-state index in [1.165, 1.54) is 4.68 Å². The molecule has 0 aliphatic carbocycles. The highest BCUT2D eigenvalue weighted by Gasteiger charge is 2.29. The number of para-hydroxylation sites is 1. The molecule has 1 aliphatic rings. The van der Waals surface area contributed by atoms with Crippen molar-refractivity contribution in [1.29, 1.82) is 0 Å². The number of carbonyl (C=O) groups is 1. The molecular formula is C14H15N3O3. The van der Waals surface area contributed by atoms with Crippen LogP contribution in [0, 0.1) is 0 Å². The number of aliphatic carboxylic acids is 1. The first-order valence-electron chi connectivity index (χ1n) is 6.52. The lowest BCUT2D eigenvalue weighted by Gasteiger charge is -2.19. The van der Waals surface area contributed by atoms with Crippen molar-refractivity contribution in [2.24, 2.45) is 0 Å². The Kier molecular flexibility index (Phi) is 3.14. The van der Waals surface area contributed by atoms with Crippen LogP contribution in [0.2, 0.25) is 0 Å². The molecule has 6 heteroatoms. The lowest BCUT2D eigenvalue weighted by Crippen LogP contribution is -2.25. The van der Waals surface area contributed by atoms with E-state index in [-0.39, 0.29) is 0 Å². The number of carboxylic acid groups (broad SMARTS) is 1. The number of ether oxygens (including phenoxy) is 1. The average molecular weight is 273 g/mol. The summed E-state index contributed by atoms with van der Waals surface area (Å²) in [5.41, 5.74) is 0.779. The minimum atomic E-state index is -0.859. The second kappa shape index (κ2) is 4.96. The molecule has 0 bridgehead atoms. The number of nitrogens with zero attached hydrogens (tertiary/aromatic N) is 3. The Bertz CT molecular complexity index is 651. The molecule has 1 unspecified atom stereocenters. The molecule has 3 rings (SSSR count). The third-order valence-electron chi connectivity index (χ3n) is 3.51. The fourth-order valence-corrected chi connectivity index (χ4v) is 2.52. The lowest BCUT2D eigenvalue weighted by molar-refractivity contribution is -0.141. The predicted molar refractivity (Wildman–Crippen MR) is 71.6 cm³/mol. The van der Waals surface area contributed by atoms with Gasteiger partial charge >= 0.3 is 5.97 Å². The van der Waals surface area contributed by atoms with Crippen molar-refractivity contribution in [3.63, 3.8) is 0 Å². The van der Waals surface area contributed by atoms with E-state index in [1.807, 2.05) is 24.3 Å². The van der Waals surface area contributed by atoms with Gasteiger partial charge in [-0.05, 0) is 25.0 Å². The molecule has 2 heterocycles. The zero-order valence-electron chi connectivity index (χ0n) is 11.1. The molecule has 6 nitrogen and oxygen atoms in total. The van der Waals surface area contributed by atoms with Crippen LogP contribution in [0.15, 0.2) is 24.3 Å². The Morgan fingerprint density at radius 3 is 3.00 bits per heavy atom.